The predicted octanol–water partition coefficient (Wildman–Crippen LogP) is 4.53. The smallest absolute Gasteiger partial charge is 0.374 e. The van der Waals surface area contributed by atoms with Crippen LogP contribution in [0, 0.1) is 6.92 Å². The first-order valence-corrected chi connectivity index (χ1v) is 9.20. The minimum atomic E-state index is -4.78. The lowest BCUT2D eigenvalue weighted by atomic mass is 9.86. The highest BCUT2D eigenvalue weighted by Gasteiger charge is 2.62. The van der Waals surface area contributed by atoms with Gasteiger partial charge in [0.1, 0.15) is 0 Å². The van der Waals surface area contributed by atoms with Crippen molar-refractivity contribution in [3.63, 3.8) is 0 Å². The van der Waals surface area contributed by atoms with Gasteiger partial charge in [0, 0.05) is 27.6 Å². The second-order valence-electron chi connectivity index (χ2n) is 6.53. The number of nitrogens with two attached hydrogens (primary N) is 1. The van der Waals surface area contributed by atoms with E-state index in [0.717, 1.165) is 12.1 Å². The van der Waals surface area contributed by atoms with E-state index in [1.807, 2.05) is 0 Å². The van der Waals surface area contributed by atoms with Crippen molar-refractivity contribution in [3.05, 3.63) is 68.7 Å². The largest absolute Gasteiger partial charge is 0.435 e. The topological polar surface area (TPSA) is 76.7 Å². The minimum Gasteiger partial charge on any atom is -0.374 e. The molecular weight excluding hydrogens is 430 g/mol. The summed E-state index contributed by atoms with van der Waals surface area (Å²) in [4.78, 5) is 16.9. The van der Waals surface area contributed by atoms with Crippen molar-refractivity contribution in [2.75, 3.05) is 6.67 Å². The SMILES string of the molecule is Cc1cc(C2=NOC(c3cc(Cl)cc(Cl)c3)(C(F)(F)F)C2)ccc1C(=O)NCN. The van der Waals surface area contributed by atoms with Crippen LogP contribution in [0.5, 0.6) is 0 Å². The van der Waals surface area contributed by atoms with Crippen molar-refractivity contribution < 1.29 is 22.8 Å². The van der Waals surface area contributed by atoms with Gasteiger partial charge >= 0.3 is 6.18 Å². The van der Waals surface area contributed by atoms with Crippen LogP contribution < -0.4 is 11.1 Å². The number of alkyl halides is 3. The quantitative estimate of drug-likeness (QED) is 0.678. The highest BCUT2D eigenvalue weighted by Crippen LogP contribution is 2.49. The maximum atomic E-state index is 14.0. The number of nitrogens with zero attached hydrogens (tertiary/aromatic N) is 1. The van der Waals surface area contributed by atoms with E-state index >= 15 is 0 Å². The summed E-state index contributed by atoms with van der Waals surface area (Å²) in [6.07, 6.45) is -5.34. The van der Waals surface area contributed by atoms with E-state index < -0.39 is 18.2 Å². The van der Waals surface area contributed by atoms with Crippen LogP contribution in [0.2, 0.25) is 10.0 Å². The summed E-state index contributed by atoms with van der Waals surface area (Å²) in [5.74, 6) is -0.376. The molecule has 0 aliphatic carbocycles. The Hall–Kier alpha value is -2.29. The first-order chi connectivity index (χ1) is 13.6. The van der Waals surface area contributed by atoms with E-state index in [1.54, 1.807) is 13.0 Å². The highest BCUT2D eigenvalue weighted by molar-refractivity contribution is 6.34. The van der Waals surface area contributed by atoms with Crippen molar-refractivity contribution in [1.29, 1.82) is 0 Å². The van der Waals surface area contributed by atoms with E-state index in [0.29, 0.717) is 16.7 Å². The number of benzene rings is 2. The molecule has 0 radical (unpaired) electrons. The molecule has 0 saturated heterocycles. The molecule has 2 aromatic carbocycles. The molecule has 0 spiro atoms. The zero-order chi connectivity index (χ0) is 21.4. The Morgan fingerprint density at radius 1 is 1.24 bits per heavy atom. The number of nitrogens with one attached hydrogen (secondary N) is 1. The van der Waals surface area contributed by atoms with Gasteiger partial charge in [-0.25, -0.2) is 0 Å². The number of carbonyl (C=O) groups excluding carboxylic acids is 1. The maximum Gasteiger partial charge on any atom is 0.435 e. The first kappa shape index (κ1) is 21.4. The van der Waals surface area contributed by atoms with E-state index in [2.05, 4.69) is 10.5 Å². The third-order valence-corrected chi connectivity index (χ3v) is 5.02. The summed E-state index contributed by atoms with van der Waals surface area (Å²) in [6.45, 7) is 1.63. The Labute approximate surface area is 174 Å². The van der Waals surface area contributed by atoms with Crippen LogP contribution in [-0.2, 0) is 10.4 Å². The Balaban J connectivity index is 1.97. The van der Waals surface area contributed by atoms with Crippen LogP contribution in [0.25, 0.3) is 0 Å². The molecule has 5 nitrogen and oxygen atoms in total. The number of hydrogen-bond donors (Lipinski definition) is 2. The lowest BCUT2D eigenvalue weighted by molar-refractivity contribution is -0.275. The zero-order valence-electron chi connectivity index (χ0n) is 15.1. The molecule has 154 valence electrons. The van der Waals surface area contributed by atoms with Crippen molar-refractivity contribution in [1.82, 2.24) is 5.32 Å². The van der Waals surface area contributed by atoms with E-state index in [1.165, 1.54) is 18.2 Å². The summed E-state index contributed by atoms with van der Waals surface area (Å²) in [5, 5.41) is 6.28. The molecule has 1 aliphatic heterocycles. The third-order valence-electron chi connectivity index (χ3n) is 4.58. The standard InChI is InChI=1S/C19H16Cl2F3N3O2/c1-10-4-11(2-3-15(10)17(28)26-9-25)16-8-18(29-27-16,19(22,23)24)12-5-13(20)7-14(21)6-12/h2-7H,8-9,25H2,1H3,(H,26,28). The molecule has 3 rings (SSSR count). The van der Waals surface area contributed by atoms with Gasteiger partial charge in [-0.3, -0.25) is 4.79 Å². The number of hydrogen-bond acceptors (Lipinski definition) is 4. The number of halogens is 5. The fourth-order valence-corrected chi connectivity index (χ4v) is 3.66. The summed E-state index contributed by atoms with van der Waals surface area (Å²) >= 11 is 11.8. The van der Waals surface area contributed by atoms with Gasteiger partial charge in [-0.15, -0.1) is 0 Å². The summed E-state index contributed by atoms with van der Waals surface area (Å²) in [7, 11) is 0. The molecule has 1 unspecified atom stereocenters. The van der Waals surface area contributed by atoms with Crippen LogP contribution in [0.3, 0.4) is 0 Å². The normalized spacial score (nSPS) is 18.9. The fraction of sp³-hybridized carbons (Fsp3) is 0.263. The predicted molar refractivity (Wildman–Crippen MR) is 104 cm³/mol. The van der Waals surface area contributed by atoms with Crippen molar-refractivity contribution in [3.8, 4) is 0 Å². The van der Waals surface area contributed by atoms with E-state index in [9.17, 15) is 18.0 Å². The van der Waals surface area contributed by atoms with Crippen LogP contribution in [-0.4, -0.2) is 24.5 Å². The van der Waals surface area contributed by atoms with Crippen molar-refractivity contribution >= 4 is 34.8 Å². The van der Waals surface area contributed by atoms with Crippen LogP contribution >= 0.6 is 23.2 Å². The molecule has 29 heavy (non-hydrogen) atoms. The van der Waals surface area contributed by atoms with Crippen LogP contribution in [0.1, 0.15) is 33.5 Å². The van der Waals surface area contributed by atoms with Gasteiger partial charge in [0.2, 0.25) is 0 Å². The molecule has 1 aliphatic rings. The number of aryl methyl sites for hydroxylation is 1. The molecule has 0 bridgehead atoms. The maximum absolute atomic E-state index is 14.0. The second kappa shape index (κ2) is 7.85. The number of rotatable bonds is 4. The molecule has 0 aromatic heterocycles. The first-order valence-electron chi connectivity index (χ1n) is 8.45. The van der Waals surface area contributed by atoms with Crippen LogP contribution in [0.4, 0.5) is 13.2 Å². The average molecular weight is 446 g/mol. The average Bonchev–Trinajstić information content (AvgIpc) is 3.07. The van der Waals surface area contributed by atoms with E-state index in [-0.39, 0.29) is 33.9 Å². The Morgan fingerprint density at radius 2 is 1.90 bits per heavy atom. The zero-order valence-corrected chi connectivity index (χ0v) is 16.6. The lowest BCUT2D eigenvalue weighted by Gasteiger charge is -2.29. The number of oxime groups is 1. The summed E-state index contributed by atoms with van der Waals surface area (Å²) in [6, 6.07) is 8.24. The van der Waals surface area contributed by atoms with Gasteiger partial charge in [0.15, 0.2) is 0 Å². The van der Waals surface area contributed by atoms with Crippen LogP contribution in [0.15, 0.2) is 41.6 Å². The van der Waals surface area contributed by atoms with E-state index in [4.69, 9.17) is 33.8 Å². The lowest BCUT2D eigenvalue weighted by Crippen LogP contribution is -2.42. The molecule has 1 heterocycles. The molecule has 10 heteroatoms. The summed E-state index contributed by atoms with van der Waals surface area (Å²) < 4.78 is 42.1. The Morgan fingerprint density at radius 3 is 2.45 bits per heavy atom. The van der Waals surface area contributed by atoms with Gasteiger partial charge in [0.05, 0.1) is 12.4 Å². The minimum absolute atomic E-state index is 0.0309. The summed E-state index contributed by atoms with van der Waals surface area (Å²) in [5.41, 5.74) is 3.78. The molecule has 1 amide bonds. The Bertz CT molecular complexity index is 975. The van der Waals surface area contributed by atoms with Gasteiger partial charge in [0.25, 0.3) is 11.5 Å². The van der Waals surface area contributed by atoms with Gasteiger partial charge < -0.3 is 15.9 Å². The number of carbonyl (C=O) groups is 1. The molecule has 0 fully saturated rings. The highest BCUT2D eigenvalue weighted by atomic mass is 35.5. The van der Waals surface area contributed by atoms with Gasteiger partial charge in [-0.1, -0.05) is 34.4 Å². The van der Waals surface area contributed by atoms with Crippen molar-refractivity contribution in [2.45, 2.75) is 25.1 Å². The monoisotopic (exact) mass is 445 g/mol. The van der Waals surface area contributed by atoms with Crippen molar-refractivity contribution in [2.24, 2.45) is 10.9 Å². The molecule has 3 N–H and O–H groups in total. The molecule has 1 atom stereocenters. The Kier molecular flexibility index (Phi) is 5.80. The van der Waals surface area contributed by atoms with Gasteiger partial charge in [-0.2, -0.15) is 13.2 Å². The third kappa shape index (κ3) is 4.05. The van der Waals surface area contributed by atoms with Gasteiger partial charge in [-0.05, 0) is 48.4 Å². The molecular formula is C19H16Cl2F3N3O2. The second-order valence-corrected chi connectivity index (χ2v) is 7.40. The fourth-order valence-electron chi connectivity index (χ4n) is 3.13. The number of amides is 1. The molecule has 2 aromatic rings. The molecule has 0 saturated carbocycles.